The Morgan fingerprint density at radius 1 is 1.50 bits per heavy atom. The van der Waals surface area contributed by atoms with Crippen LogP contribution in [0.5, 0.6) is 5.75 Å². The van der Waals surface area contributed by atoms with Crippen LogP contribution in [0.1, 0.15) is 17.2 Å². The van der Waals surface area contributed by atoms with E-state index in [1.807, 2.05) is 19.1 Å². The van der Waals surface area contributed by atoms with Crippen LogP contribution in [-0.4, -0.2) is 6.61 Å². The summed E-state index contributed by atoms with van der Waals surface area (Å²) >= 11 is 0. The molecule has 1 heterocycles. The summed E-state index contributed by atoms with van der Waals surface area (Å²) in [5.74, 6) is 0.771. The SMILES string of the molecule is Cc1cc(N)c2c(c1)C(N)CO2. The number of aryl methyl sites for hydroxylation is 1. The highest BCUT2D eigenvalue weighted by Crippen LogP contribution is 2.36. The van der Waals surface area contributed by atoms with E-state index in [-0.39, 0.29) is 6.04 Å². The van der Waals surface area contributed by atoms with Crippen LogP contribution in [0.2, 0.25) is 0 Å². The zero-order chi connectivity index (χ0) is 8.72. The lowest BCUT2D eigenvalue weighted by molar-refractivity contribution is 0.334. The first-order valence-corrected chi connectivity index (χ1v) is 3.97. The highest BCUT2D eigenvalue weighted by molar-refractivity contribution is 5.61. The third kappa shape index (κ3) is 0.940. The Labute approximate surface area is 71.3 Å². The first-order valence-electron chi connectivity index (χ1n) is 3.97. The van der Waals surface area contributed by atoms with Gasteiger partial charge in [0.25, 0.3) is 0 Å². The molecule has 0 saturated heterocycles. The van der Waals surface area contributed by atoms with Crippen LogP contribution in [0.4, 0.5) is 5.69 Å². The molecule has 1 atom stereocenters. The minimum absolute atomic E-state index is 0.0119. The van der Waals surface area contributed by atoms with E-state index in [0.29, 0.717) is 12.3 Å². The minimum atomic E-state index is -0.0119. The van der Waals surface area contributed by atoms with Gasteiger partial charge in [0.15, 0.2) is 0 Å². The van der Waals surface area contributed by atoms with E-state index in [2.05, 4.69) is 0 Å². The van der Waals surface area contributed by atoms with E-state index in [1.54, 1.807) is 0 Å². The Bertz CT molecular complexity index is 323. The Kier molecular flexibility index (Phi) is 1.48. The van der Waals surface area contributed by atoms with Crippen molar-refractivity contribution in [3.63, 3.8) is 0 Å². The molecule has 1 aliphatic heterocycles. The number of hydrogen-bond acceptors (Lipinski definition) is 3. The Hall–Kier alpha value is -1.22. The molecular formula is C9H12N2O. The molecule has 0 bridgehead atoms. The van der Waals surface area contributed by atoms with Gasteiger partial charge in [-0.25, -0.2) is 0 Å². The van der Waals surface area contributed by atoms with Gasteiger partial charge in [-0.05, 0) is 18.6 Å². The van der Waals surface area contributed by atoms with E-state index in [0.717, 1.165) is 16.9 Å². The van der Waals surface area contributed by atoms with Gasteiger partial charge in [0.1, 0.15) is 12.4 Å². The molecule has 64 valence electrons. The fourth-order valence-electron chi connectivity index (χ4n) is 1.53. The highest BCUT2D eigenvalue weighted by Gasteiger charge is 2.22. The summed E-state index contributed by atoms with van der Waals surface area (Å²) in [6, 6.07) is 3.92. The van der Waals surface area contributed by atoms with Crippen molar-refractivity contribution in [1.82, 2.24) is 0 Å². The molecule has 0 saturated carbocycles. The van der Waals surface area contributed by atoms with Crippen molar-refractivity contribution in [1.29, 1.82) is 0 Å². The topological polar surface area (TPSA) is 61.3 Å². The number of fused-ring (bicyclic) bond motifs is 1. The second-order valence-electron chi connectivity index (χ2n) is 3.19. The van der Waals surface area contributed by atoms with Crippen LogP contribution in [-0.2, 0) is 0 Å². The second-order valence-corrected chi connectivity index (χ2v) is 3.19. The largest absolute Gasteiger partial charge is 0.489 e. The maximum atomic E-state index is 5.80. The summed E-state index contributed by atoms with van der Waals surface area (Å²) in [4.78, 5) is 0. The van der Waals surface area contributed by atoms with Crippen molar-refractivity contribution >= 4 is 5.69 Å². The quantitative estimate of drug-likeness (QED) is 0.562. The Balaban J connectivity index is 2.60. The van der Waals surface area contributed by atoms with Crippen molar-refractivity contribution in [2.24, 2.45) is 5.73 Å². The number of rotatable bonds is 0. The summed E-state index contributed by atoms with van der Waals surface area (Å²) in [6.07, 6.45) is 0. The predicted octanol–water partition coefficient (Wildman–Crippen LogP) is 0.969. The van der Waals surface area contributed by atoms with Crippen LogP contribution in [0.15, 0.2) is 12.1 Å². The lowest BCUT2D eigenvalue weighted by atomic mass is 10.1. The number of ether oxygens (including phenoxy) is 1. The maximum Gasteiger partial charge on any atom is 0.147 e. The average molecular weight is 164 g/mol. The van der Waals surface area contributed by atoms with E-state index in [4.69, 9.17) is 16.2 Å². The van der Waals surface area contributed by atoms with Gasteiger partial charge in [0.05, 0.1) is 11.7 Å². The molecule has 4 N–H and O–H groups in total. The summed E-state index contributed by atoms with van der Waals surface area (Å²) in [6.45, 7) is 2.55. The van der Waals surface area contributed by atoms with Crippen LogP contribution in [0, 0.1) is 6.92 Å². The lowest BCUT2D eigenvalue weighted by Crippen LogP contribution is -2.10. The van der Waals surface area contributed by atoms with Crippen molar-refractivity contribution < 1.29 is 4.74 Å². The molecule has 1 aromatic rings. The molecule has 0 spiro atoms. The van der Waals surface area contributed by atoms with Gasteiger partial charge in [-0.3, -0.25) is 0 Å². The molecule has 12 heavy (non-hydrogen) atoms. The molecule has 0 aliphatic carbocycles. The fraction of sp³-hybridized carbons (Fsp3) is 0.333. The summed E-state index contributed by atoms with van der Waals surface area (Å²) < 4.78 is 5.35. The summed E-state index contributed by atoms with van der Waals surface area (Å²) in [5, 5.41) is 0. The Morgan fingerprint density at radius 3 is 3.00 bits per heavy atom. The molecule has 0 aromatic heterocycles. The van der Waals surface area contributed by atoms with Gasteiger partial charge >= 0.3 is 0 Å². The normalized spacial score (nSPS) is 20.3. The van der Waals surface area contributed by atoms with E-state index >= 15 is 0 Å². The van der Waals surface area contributed by atoms with Crippen molar-refractivity contribution in [3.8, 4) is 5.75 Å². The molecule has 1 unspecified atom stereocenters. The number of anilines is 1. The van der Waals surface area contributed by atoms with Crippen LogP contribution >= 0.6 is 0 Å². The van der Waals surface area contributed by atoms with E-state index in [9.17, 15) is 0 Å². The first kappa shape index (κ1) is 7.43. The lowest BCUT2D eigenvalue weighted by Gasteiger charge is -2.04. The van der Waals surface area contributed by atoms with Gasteiger partial charge in [0, 0.05) is 5.56 Å². The minimum Gasteiger partial charge on any atom is -0.489 e. The first-order chi connectivity index (χ1) is 5.68. The monoisotopic (exact) mass is 164 g/mol. The van der Waals surface area contributed by atoms with Gasteiger partial charge in [-0.15, -0.1) is 0 Å². The molecule has 3 nitrogen and oxygen atoms in total. The second kappa shape index (κ2) is 2.38. The highest BCUT2D eigenvalue weighted by atomic mass is 16.5. The standard InChI is InChI=1S/C9H12N2O/c1-5-2-6-8(11)4-12-9(6)7(10)3-5/h2-3,8H,4,10-11H2,1H3. The summed E-state index contributed by atoms with van der Waals surface area (Å²) in [5.41, 5.74) is 14.4. The molecule has 1 aromatic carbocycles. The number of nitrogen functional groups attached to an aromatic ring is 1. The van der Waals surface area contributed by atoms with Gasteiger partial charge < -0.3 is 16.2 Å². The van der Waals surface area contributed by atoms with Crippen molar-refractivity contribution in [2.75, 3.05) is 12.3 Å². The number of hydrogen-bond donors (Lipinski definition) is 2. The Morgan fingerprint density at radius 2 is 2.25 bits per heavy atom. The van der Waals surface area contributed by atoms with Crippen molar-refractivity contribution in [2.45, 2.75) is 13.0 Å². The van der Waals surface area contributed by atoms with E-state index in [1.165, 1.54) is 0 Å². The van der Waals surface area contributed by atoms with E-state index < -0.39 is 0 Å². The average Bonchev–Trinajstić information content (AvgIpc) is 2.33. The predicted molar refractivity (Wildman–Crippen MR) is 48.0 cm³/mol. The van der Waals surface area contributed by atoms with Crippen LogP contribution < -0.4 is 16.2 Å². The number of nitrogens with two attached hydrogens (primary N) is 2. The van der Waals surface area contributed by atoms with Gasteiger partial charge in [0.2, 0.25) is 0 Å². The van der Waals surface area contributed by atoms with Crippen molar-refractivity contribution in [3.05, 3.63) is 23.3 Å². The zero-order valence-corrected chi connectivity index (χ0v) is 7.00. The smallest absolute Gasteiger partial charge is 0.147 e. The number of benzene rings is 1. The maximum absolute atomic E-state index is 5.80. The third-order valence-corrected chi connectivity index (χ3v) is 2.10. The summed E-state index contributed by atoms with van der Waals surface area (Å²) in [7, 11) is 0. The molecule has 2 rings (SSSR count). The molecule has 3 heteroatoms. The molecular weight excluding hydrogens is 152 g/mol. The fourth-order valence-corrected chi connectivity index (χ4v) is 1.53. The molecule has 0 fully saturated rings. The zero-order valence-electron chi connectivity index (χ0n) is 7.00. The molecule has 1 aliphatic rings. The molecule has 0 radical (unpaired) electrons. The third-order valence-electron chi connectivity index (χ3n) is 2.10. The molecule has 0 amide bonds. The van der Waals surface area contributed by atoms with Gasteiger partial charge in [-0.2, -0.15) is 0 Å². The van der Waals surface area contributed by atoms with Crippen LogP contribution in [0.25, 0.3) is 0 Å². The van der Waals surface area contributed by atoms with Crippen LogP contribution in [0.3, 0.4) is 0 Å². The van der Waals surface area contributed by atoms with Gasteiger partial charge in [-0.1, -0.05) is 6.07 Å².